The molecule has 0 bridgehead atoms. The van der Waals surface area contributed by atoms with Gasteiger partial charge in [-0.25, -0.2) is 19.2 Å². The van der Waals surface area contributed by atoms with Crippen LogP contribution in [0.3, 0.4) is 0 Å². The van der Waals surface area contributed by atoms with Crippen LogP contribution in [0.25, 0.3) is 0 Å². The van der Waals surface area contributed by atoms with Crippen LogP contribution < -0.4 is 0 Å². The maximum atomic E-state index is 12.9. The number of carbonyl (C=O) groups excluding carboxylic acids is 1. The van der Waals surface area contributed by atoms with Crippen LogP contribution in [0, 0.1) is 11.7 Å². The van der Waals surface area contributed by atoms with E-state index in [1.807, 2.05) is 0 Å². The second-order valence-corrected chi connectivity index (χ2v) is 6.16. The summed E-state index contributed by atoms with van der Waals surface area (Å²) in [5.74, 6) is -1.19. The van der Waals surface area contributed by atoms with Crippen molar-refractivity contribution < 1.29 is 19.1 Å². The van der Waals surface area contributed by atoms with Crippen molar-refractivity contribution in [3.05, 3.63) is 59.4 Å². The number of hydrogen-bond acceptors (Lipinski definition) is 4. The first-order valence-corrected chi connectivity index (χ1v) is 8.12. The Balaban J connectivity index is 1.55. The first kappa shape index (κ1) is 17.0. The molecule has 1 aliphatic rings. The number of aromatic carboxylic acids is 1. The third-order valence-corrected chi connectivity index (χ3v) is 4.43. The molecule has 3 rings (SSSR count). The summed E-state index contributed by atoms with van der Waals surface area (Å²) in [7, 11) is 0. The molecule has 1 aromatic heterocycles. The van der Waals surface area contributed by atoms with Gasteiger partial charge in [-0.2, -0.15) is 0 Å². The van der Waals surface area contributed by atoms with Crippen LogP contribution in [0.1, 0.15) is 39.4 Å². The van der Waals surface area contributed by atoms with Gasteiger partial charge < -0.3 is 10.0 Å². The van der Waals surface area contributed by atoms with Crippen LogP contribution in [0.4, 0.5) is 4.39 Å². The highest BCUT2D eigenvalue weighted by Gasteiger charge is 2.25. The predicted molar refractivity (Wildman–Crippen MR) is 87.7 cm³/mol. The molecular formula is C18H18FN3O3. The van der Waals surface area contributed by atoms with Gasteiger partial charge in [0.05, 0.1) is 12.4 Å². The summed E-state index contributed by atoms with van der Waals surface area (Å²) in [4.78, 5) is 32.5. The number of nitrogens with zero attached hydrogens (tertiary/aromatic N) is 3. The van der Waals surface area contributed by atoms with E-state index < -0.39 is 5.97 Å². The molecule has 2 aromatic rings. The van der Waals surface area contributed by atoms with Crippen molar-refractivity contribution in [3.8, 4) is 0 Å². The number of carboxylic acid groups (broad SMARTS) is 1. The molecule has 1 aromatic carbocycles. The highest BCUT2D eigenvalue weighted by Crippen LogP contribution is 2.22. The second kappa shape index (κ2) is 7.38. The second-order valence-electron chi connectivity index (χ2n) is 6.16. The standard InChI is InChI=1S/C18H18FN3O3/c19-14-3-1-12(2-4-14)9-13-5-7-22(8-6-13)17(23)15-10-21-16(11-20-15)18(24)25/h1-4,10-11,13H,5-9H2,(H,24,25). The van der Waals surface area contributed by atoms with Crippen LogP contribution in [0.5, 0.6) is 0 Å². The zero-order chi connectivity index (χ0) is 17.8. The van der Waals surface area contributed by atoms with E-state index >= 15 is 0 Å². The van der Waals surface area contributed by atoms with Gasteiger partial charge in [0.25, 0.3) is 5.91 Å². The number of likely N-dealkylation sites (tertiary alicyclic amines) is 1. The normalized spacial score (nSPS) is 15.2. The fraction of sp³-hybridized carbons (Fsp3) is 0.333. The SMILES string of the molecule is O=C(O)c1cnc(C(=O)N2CCC(Cc3ccc(F)cc3)CC2)cn1. The highest BCUT2D eigenvalue weighted by molar-refractivity contribution is 5.92. The molecule has 1 N–H and O–H groups in total. The topological polar surface area (TPSA) is 83.4 Å². The largest absolute Gasteiger partial charge is 0.476 e. The van der Waals surface area contributed by atoms with Gasteiger partial charge >= 0.3 is 5.97 Å². The van der Waals surface area contributed by atoms with E-state index in [9.17, 15) is 14.0 Å². The summed E-state index contributed by atoms with van der Waals surface area (Å²) in [6.45, 7) is 1.24. The Hall–Kier alpha value is -2.83. The van der Waals surface area contributed by atoms with Crippen molar-refractivity contribution in [2.75, 3.05) is 13.1 Å². The maximum Gasteiger partial charge on any atom is 0.356 e. The third kappa shape index (κ3) is 4.17. The van der Waals surface area contributed by atoms with Gasteiger partial charge in [-0.15, -0.1) is 0 Å². The number of hydrogen-bond donors (Lipinski definition) is 1. The lowest BCUT2D eigenvalue weighted by molar-refractivity contribution is 0.0669. The molecule has 25 heavy (non-hydrogen) atoms. The van der Waals surface area contributed by atoms with E-state index in [-0.39, 0.29) is 23.1 Å². The van der Waals surface area contributed by atoms with Crippen molar-refractivity contribution in [1.82, 2.24) is 14.9 Å². The summed E-state index contributed by atoms with van der Waals surface area (Å²) in [6.07, 6.45) is 4.90. The lowest BCUT2D eigenvalue weighted by atomic mass is 9.90. The van der Waals surface area contributed by atoms with Crippen molar-refractivity contribution in [3.63, 3.8) is 0 Å². The number of amides is 1. The van der Waals surface area contributed by atoms with Gasteiger partial charge in [-0.05, 0) is 42.9 Å². The molecule has 0 aliphatic carbocycles. The first-order valence-electron chi connectivity index (χ1n) is 8.12. The quantitative estimate of drug-likeness (QED) is 0.922. The minimum Gasteiger partial charge on any atom is -0.476 e. The number of benzene rings is 1. The zero-order valence-electron chi connectivity index (χ0n) is 13.6. The molecule has 0 radical (unpaired) electrons. The monoisotopic (exact) mass is 343 g/mol. The van der Waals surface area contributed by atoms with Crippen molar-refractivity contribution in [1.29, 1.82) is 0 Å². The number of aromatic nitrogens is 2. The van der Waals surface area contributed by atoms with Crippen LogP contribution in [-0.2, 0) is 6.42 Å². The van der Waals surface area contributed by atoms with Gasteiger partial charge in [0.2, 0.25) is 0 Å². The molecular weight excluding hydrogens is 325 g/mol. The Kier molecular flexibility index (Phi) is 5.02. The minimum absolute atomic E-state index is 0.155. The fourth-order valence-electron chi connectivity index (χ4n) is 3.00. The third-order valence-electron chi connectivity index (χ3n) is 4.43. The van der Waals surface area contributed by atoms with E-state index in [0.717, 1.165) is 31.0 Å². The highest BCUT2D eigenvalue weighted by atomic mass is 19.1. The number of piperidine rings is 1. The van der Waals surface area contributed by atoms with Crippen LogP contribution in [0.15, 0.2) is 36.7 Å². The smallest absolute Gasteiger partial charge is 0.356 e. The summed E-state index contributed by atoms with van der Waals surface area (Å²) >= 11 is 0. The molecule has 130 valence electrons. The Morgan fingerprint density at radius 1 is 1.08 bits per heavy atom. The van der Waals surface area contributed by atoms with Gasteiger partial charge in [0, 0.05) is 13.1 Å². The molecule has 0 saturated carbocycles. The number of carboxylic acids is 1. The van der Waals surface area contributed by atoms with Crippen molar-refractivity contribution >= 4 is 11.9 Å². The lowest BCUT2D eigenvalue weighted by Crippen LogP contribution is -2.39. The van der Waals surface area contributed by atoms with E-state index in [1.54, 1.807) is 17.0 Å². The molecule has 1 aliphatic heterocycles. The fourth-order valence-corrected chi connectivity index (χ4v) is 3.00. The summed E-state index contributed by atoms with van der Waals surface area (Å²) in [5.41, 5.74) is 1.07. The Morgan fingerprint density at radius 3 is 2.24 bits per heavy atom. The van der Waals surface area contributed by atoms with Crippen LogP contribution in [0.2, 0.25) is 0 Å². The van der Waals surface area contributed by atoms with E-state index in [1.165, 1.54) is 18.3 Å². The average molecular weight is 343 g/mol. The summed E-state index contributed by atoms with van der Waals surface area (Å²) < 4.78 is 12.9. The van der Waals surface area contributed by atoms with Gasteiger partial charge in [0.1, 0.15) is 11.5 Å². The van der Waals surface area contributed by atoms with Crippen molar-refractivity contribution in [2.24, 2.45) is 5.92 Å². The first-order chi connectivity index (χ1) is 12.0. The minimum atomic E-state index is -1.17. The molecule has 7 heteroatoms. The van der Waals surface area contributed by atoms with Gasteiger partial charge in [-0.1, -0.05) is 12.1 Å². The van der Waals surface area contributed by atoms with Gasteiger partial charge in [-0.3, -0.25) is 4.79 Å². The van der Waals surface area contributed by atoms with Crippen LogP contribution >= 0.6 is 0 Å². The van der Waals surface area contributed by atoms with Crippen LogP contribution in [-0.4, -0.2) is 44.9 Å². The number of halogens is 1. The summed E-state index contributed by atoms with van der Waals surface area (Å²) in [6, 6.07) is 6.53. The van der Waals surface area contributed by atoms with E-state index in [4.69, 9.17) is 5.11 Å². The maximum absolute atomic E-state index is 12.9. The zero-order valence-corrected chi connectivity index (χ0v) is 13.6. The molecule has 1 amide bonds. The summed E-state index contributed by atoms with van der Waals surface area (Å²) in [5, 5.41) is 8.81. The molecule has 0 spiro atoms. The molecule has 0 atom stereocenters. The number of rotatable bonds is 4. The van der Waals surface area contributed by atoms with Crippen molar-refractivity contribution in [2.45, 2.75) is 19.3 Å². The Labute approximate surface area is 144 Å². The lowest BCUT2D eigenvalue weighted by Gasteiger charge is -2.31. The molecule has 0 unspecified atom stereocenters. The van der Waals surface area contributed by atoms with Gasteiger partial charge in [0.15, 0.2) is 5.69 Å². The molecule has 1 saturated heterocycles. The Bertz CT molecular complexity index is 754. The molecule has 6 nitrogen and oxygen atoms in total. The average Bonchev–Trinajstić information content (AvgIpc) is 2.64. The molecule has 1 fully saturated rings. The van der Waals surface area contributed by atoms with E-state index in [2.05, 4.69) is 9.97 Å². The molecule has 2 heterocycles. The number of carbonyl (C=O) groups is 2. The Morgan fingerprint density at radius 2 is 1.68 bits per heavy atom. The predicted octanol–water partition coefficient (Wildman–Crippen LogP) is 2.41. The van der Waals surface area contributed by atoms with E-state index in [0.29, 0.717) is 19.0 Å².